The lowest BCUT2D eigenvalue weighted by atomic mass is 10.0. The molecule has 1 amide bonds. The van der Waals surface area contributed by atoms with Crippen LogP contribution in [0.2, 0.25) is 0 Å². The van der Waals surface area contributed by atoms with Crippen molar-refractivity contribution in [1.29, 1.82) is 0 Å². The van der Waals surface area contributed by atoms with E-state index in [0.717, 1.165) is 12.8 Å². The second-order valence-electron chi connectivity index (χ2n) is 4.63. The second kappa shape index (κ2) is 6.74. The van der Waals surface area contributed by atoms with Gasteiger partial charge in [-0.1, -0.05) is 55.5 Å². The summed E-state index contributed by atoms with van der Waals surface area (Å²) in [6.45, 7) is 2.10. The van der Waals surface area contributed by atoms with Gasteiger partial charge in [-0.25, -0.2) is 0 Å². The van der Waals surface area contributed by atoms with Gasteiger partial charge in [-0.2, -0.15) is 0 Å². The first-order chi connectivity index (χ1) is 9.29. The molecule has 0 saturated carbocycles. The fourth-order valence-corrected chi connectivity index (χ4v) is 2.05. The van der Waals surface area contributed by atoms with Crippen LogP contribution in [0.4, 0.5) is 0 Å². The molecule has 98 valence electrons. The smallest absolute Gasteiger partial charge is 0.251 e. The Morgan fingerprint density at radius 2 is 1.58 bits per heavy atom. The molecule has 0 aliphatic heterocycles. The SMILES string of the molecule is CCC(Cc1ccccc1)NC(=O)c1ccccc1. The molecule has 0 aromatic heterocycles. The lowest BCUT2D eigenvalue weighted by Crippen LogP contribution is -2.35. The Bertz CT molecular complexity index is 507. The van der Waals surface area contributed by atoms with Crippen molar-refractivity contribution in [3.8, 4) is 0 Å². The van der Waals surface area contributed by atoms with E-state index in [-0.39, 0.29) is 11.9 Å². The summed E-state index contributed by atoms with van der Waals surface area (Å²) in [5.41, 5.74) is 1.97. The Hall–Kier alpha value is -2.09. The highest BCUT2D eigenvalue weighted by atomic mass is 16.1. The minimum atomic E-state index is 0.00313. The average molecular weight is 253 g/mol. The van der Waals surface area contributed by atoms with E-state index in [1.165, 1.54) is 5.56 Å². The van der Waals surface area contributed by atoms with Gasteiger partial charge in [0, 0.05) is 11.6 Å². The quantitative estimate of drug-likeness (QED) is 0.869. The molecule has 2 nitrogen and oxygen atoms in total. The van der Waals surface area contributed by atoms with Crippen LogP contribution in [0.3, 0.4) is 0 Å². The fourth-order valence-electron chi connectivity index (χ4n) is 2.05. The number of nitrogens with one attached hydrogen (secondary N) is 1. The van der Waals surface area contributed by atoms with Crippen molar-refractivity contribution in [3.05, 3.63) is 71.8 Å². The maximum Gasteiger partial charge on any atom is 0.251 e. The van der Waals surface area contributed by atoms with Gasteiger partial charge in [0.15, 0.2) is 0 Å². The molecule has 0 heterocycles. The number of benzene rings is 2. The van der Waals surface area contributed by atoms with Crippen molar-refractivity contribution in [3.63, 3.8) is 0 Å². The van der Waals surface area contributed by atoms with E-state index >= 15 is 0 Å². The fraction of sp³-hybridized carbons (Fsp3) is 0.235. The van der Waals surface area contributed by atoms with Crippen molar-refractivity contribution in [2.24, 2.45) is 0 Å². The number of carbonyl (C=O) groups is 1. The summed E-state index contributed by atoms with van der Waals surface area (Å²) in [4.78, 5) is 12.1. The van der Waals surface area contributed by atoms with E-state index in [9.17, 15) is 4.79 Å². The maximum atomic E-state index is 12.1. The molecule has 0 aliphatic carbocycles. The minimum absolute atomic E-state index is 0.00313. The van der Waals surface area contributed by atoms with Gasteiger partial charge < -0.3 is 5.32 Å². The number of hydrogen-bond donors (Lipinski definition) is 1. The van der Waals surface area contributed by atoms with Crippen LogP contribution in [-0.2, 0) is 6.42 Å². The molecule has 1 N–H and O–H groups in total. The summed E-state index contributed by atoms with van der Waals surface area (Å²) < 4.78 is 0. The summed E-state index contributed by atoms with van der Waals surface area (Å²) in [6.07, 6.45) is 1.80. The van der Waals surface area contributed by atoms with Gasteiger partial charge in [0.1, 0.15) is 0 Å². The molecule has 0 radical (unpaired) electrons. The predicted octanol–water partition coefficient (Wildman–Crippen LogP) is 3.44. The minimum Gasteiger partial charge on any atom is -0.349 e. The zero-order valence-electron chi connectivity index (χ0n) is 11.2. The van der Waals surface area contributed by atoms with Crippen LogP contribution in [0.15, 0.2) is 60.7 Å². The molecule has 0 bridgehead atoms. The number of hydrogen-bond acceptors (Lipinski definition) is 1. The van der Waals surface area contributed by atoms with Gasteiger partial charge in [0.05, 0.1) is 0 Å². The van der Waals surface area contributed by atoms with Gasteiger partial charge in [-0.15, -0.1) is 0 Å². The summed E-state index contributed by atoms with van der Waals surface area (Å²) in [6, 6.07) is 19.8. The van der Waals surface area contributed by atoms with Crippen molar-refractivity contribution in [2.45, 2.75) is 25.8 Å². The summed E-state index contributed by atoms with van der Waals surface area (Å²) >= 11 is 0. The van der Waals surface area contributed by atoms with E-state index < -0.39 is 0 Å². The third-order valence-electron chi connectivity index (χ3n) is 3.19. The summed E-state index contributed by atoms with van der Waals surface area (Å²) in [5.74, 6) is 0.00313. The molecule has 1 unspecified atom stereocenters. The lowest BCUT2D eigenvalue weighted by Gasteiger charge is -2.17. The first-order valence-corrected chi connectivity index (χ1v) is 6.69. The van der Waals surface area contributed by atoms with Gasteiger partial charge >= 0.3 is 0 Å². The lowest BCUT2D eigenvalue weighted by molar-refractivity contribution is 0.0936. The van der Waals surface area contributed by atoms with Gasteiger partial charge in [0.25, 0.3) is 5.91 Å². The molecule has 1 atom stereocenters. The molecule has 0 saturated heterocycles. The van der Waals surface area contributed by atoms with Crippen LogP contribution in [0, 0.1) is 0 Å². The standard InChI is InChI=1S/C17H19NO/c1-2-16(13-14-9-5-3-6-10-14)18-17(19)15-11-7-4-8-12-15/h3-12,16H,2,13H2,1H3,(H,18,19). The molecule has 0 aliphatic rings. The number of rotatable bonds is 5. The monoisotopic (exact) mass is 253 g/mol. The van der Waals surface area contributed by atoms with Gasteiger partial charge in [0.2, 0.25) is 0 Å². The average Bonchev–Trinajstić information content (AvgIpc) is 2.48. The van der Waals surface area contributed by atoms with E-state index in [1.54, 1.807) is 0 Å². The first kappa shape index (κ1) is 13.3. The van der Waals surface area contributed by atoms with Crippen molar-refractivity contribution in [1.82, 2.24) is 5.32 Å². The summed E-state index contributed by atoms with van der Waals surface area (Å²) in [7, 11) is 0. The van der Waals surface area contributed by atoms with Crippen molar-refractivity contribution < 1.29 is 4.79 Å². The zero-order chi connectivity index (χ0) is 13.5. The third kappa shape index (κ3) is 3.95. The maximum absolute atomic E-state index is 12.1. The topological polar surface area (TPSA) is 29.1 Å². The number of amides is 1. The predicted molar refractivity (Wildman–Crippen MR) is 78.1 cm³/mol. The van der Waals surface area contributed by atoms with Crippen LogP contribution in [0.25, 0.3) is 0 Å². The number of carbonyl (C=O) groups excluding carboxylic acids is 1. The third-order valence-corrected chi connectivity index (χ3v) is 3.19. The van der Waals surface area contributed by atoms with Gasteiger partial charge in [-0.3, -0.25) is 4.79 Å². The first-order valence-electron chi connectivity index (χ1n) is 6.69. The Balaban J connectivity index is 1.98. The van der Waals surface area contributed by atoms with Gasteiger partial charge in [-0.05, 0) is 30.5 Å². The van der Waals surface area contributed by atoms with Crippen LogP contribution in [-0.4, -0.2) is 11.9 Å². The second-order valence-corrected chi connectivity index (χ2v) is 4.63. The van der Waals surface area contributed by atoms with Crippen molar-refractivity contribution in [2.75, 3.05) is 0 Å². The Morgan fingerprint density at radius 3 is 2.16 bits per heavy atom. The molecule has 2 aromatic carbocycles. The van der Waals surface area contributed by atoms with E-state index in [4.69, 9.17) is 0 Å². The molecule has 0 fully saturated rings. The molecule has 2 rings (SSSR count). The Kier molecular flexibility index (Phi) is 4.73. The van der Waals surface area contributed by atoms with E-state index in [1.807, 2.05) is 48.5 Å². The Labute approximate surface area is 114 Å². The van der Waals surface area contributed by atoms with Crippen LogP contribution in [0.5, 0.6) is 0 Å². The zero-order valence-corrected chi connectivity index (χ0v) is 11.2. The van der Waals surface area contributed by atoms with Crippen LogP contribution >= 0.6 is 0 Å². The highest BCUT2D eigenvalue weighted by Gasteiger charge is 2.12. The molecule has 19 heavy (non-hydrogen) atoms. The molecular weight excluding hydrogens is 234 g/mol. The van der Waals surface area contributed by atoms with Crippen LogP contribution in [0.1, 0.15) is 29.3 Å². The van der Waals surface area contributed by atoms with E-state index in [2.05, 4.69) is 24.4 Å². The van der Waals surface area contributed by atoms with Crippen molar-refractivity contribution >= 4 is 5.91 Å². The molecule has 2 aromatic rings. The Morgan fingerprint density at radius 1 is 1.00 bits per heavy atom. The molecule has 2 heteroatoms. The largest absolute Gasteiger partial charge is 0.349 e. The summed E-state index contributed by atoms with van der Waals surface area (Å²) in [5, 5.41) is 3.09. The van der Waals surface area contributed by atoms with Crippen LogP contribution < -0.4 is 5.32 Å². The molecular formula is C17H19NO. The highest BCUT2D eigenvalue weighted by molar-refractivity contribution is 5.94. The molecule has 0 spiro atoms. The highest BCUT2D eigenvalue weighted by Crippen LogP contribution is 2.07. The van der Waals surface area contributed by atoms with E-state index in [0.29, 0.717) is 5.56 Å². The normalized spacial score (nSPS) is 11.8.